The van der Waals surface area contributed by atoms with E-state index in [1.165, 1.54) is 30.5 Å². The van der Waals surface area contributed by atoms with Gasteiger partial charge in [0.2, 0.25) is 0 Å². The third-order valence-electron chi connectivity index (χ3n) is 5.94. The Bertz CT molecular complexity index is 1530. The predicted octanol–water partition coefficient (Wildman–Crippen LogP) is 4.73. The van der Waals surface area contributed by atoms with Crippen LogP contribution in [0.5, 0.6) is 17.2 Å². The fraction of sp³-hybridized carbons (Fsp3) is 0.185. The number of hydrogen-bond acceptors (Lipinski definition) is 9. The van der Waals surface area contributed by atoms with E-state index in [0.29, 0.717) is 34.4 Å². The van der Waals surface area contributed by atoms with Crippen molar-refractivity contribution in [2.24, 2.45) is 0 Å². The summed E-state index contributed by atoms with van der Waals surface area (Å²) in [6, 6.07) is 14.4. The third-order valence-corrected chi connectivity index (χ3v) is 6.96. The van der Waals surface area contributed by atoms with Gasteiger partial charge in [-0.2, -0.15) is 0 Å². The molecule has 1 N–H and O–H groups in total. The summed E-state index contributed by atoms with van der Waals surface area (Å²) >= 11 is 1.25. The van der Waals surface area contributed by atoms with Crippen molar-refractivity contribution in [2.75, 3.05) is 25.7 Å². The van der Waals surface area contributed by atoms with Gasteiger partial charge in [0.15, 0.2) is 5.13 Å². The molecule has 0 spiro atoms. The number of aliphatic hydroxyl groups is 1. The van der Waals surface area contributed by atoms with Crippen molar-refractivity contribution in [3.63, 3.8) is 0 Å². The van der Waals surface area contributed by atoms with Crippen LogP contribution in [0.2, 0.25) is 0 Å². The molecular weight excluding hydrogens is 494 g/mol. The van der Waals surface area contributed by atoms with E-state index >= 15 is 0 Å². The van der Waals surface area contributed by atoms with Crippen LogP contribution in [-0.2, 0) is 9.59 Å². The van der Waals surface area contributed by atoms with E-state index in [-0.39, 0.29) is 22.6 Å². The molecule has 188 valence electrons. The molecule has 0 radical (unpaired) electrons. The smallest absolute Gasteiger partial charge is 0.301 e. The molecule has 1 amide bonds. The molecule has 1 fully saturated rings. The van der Waals surface area contributed by atoms with Gasteiger partial charge in [-0.15, -0.1) is 0 Å². The van der Waals surface area contributed by atoms with Crippen molar-refractivity contribution >= 4 is 44.1 Å². The van der Waals surface area contributed by atoms with Crippen molar-refractivity contribution in [2.45, 2.75) is 13.0 Å². The second kappa shape index (κ2) is 9.90. The maximum Gasteiger partial charge on any atom is 0.301 e. The number of methoxy groups -OCH3 is 2. The SMILES string of the molecule is CCOc1ccc2nc(N3C(=O)C(=O)/C(=C(/O)c4ccc(OC)cc4OC)C3c3ccccn3)sc2c1. The van der Waals surface area contributed by atoms with Crippen LogP contribution in [0.1, 0.15) is 24.2 Å². The van der Waals surface area contributed by atoms with Gasteiger partial charge in [0.1, 0.15) is 29.0 Å². The van der Waals surface area contributed by atoms with Crippen molar-refractivity contribution in [3.8, 4) is 17.2 Å². The van der Waals surface area contributed by atoms with E-state index < -0.39 is 17.7 Å². The molecule has 2 aromatic carbocycles. The van der Waals surface area contributed by atoms with E-state index in [1.54, 1.807) is 54.7 Å². The molecule has 5 rings (SSSR count). The first kappa shape index (κ1) is 24.3. The van der Waals surface area contributed by atoms with Gasteiger partial charge in [0, 0.05) is 12.3 Å². The number of pyridine rings is 1. The van der Waals surface area contributed by atoms with Crippen LogP contribution in [0.25, 0.3) is 16.0 Å². The number of anilines is 1. The van der Waals surface area contributed by atoms with Gasteiger partial charge in [0.05, 0.1) is 47.9 Å². The third kappa shape index (κ3) is 4.25. The fourth-order valence-electron chi connectivity index (χ4n) is 4.24. The number of rotatable bonds is 7. The highest BCUT2D eigenvalue weighted by Gasteiger charge is 2.49. The number of amides is 1. The van der Waals surface area contributed by atoms with E-state index in [1.807, 2.05) is 13.0 Å². The summed E-state index contributed by atoms with van der Waals surface area (Å²) in [5.41, 5.74) is 1.20. The summed E-state index contributed by atoms with van der Waals surface area (Å²) in [7, 11) is 2.95. The zero-order chi connectivity index (χ0) is 26.1. The summed E-state index contributed by atoms with van der Waals surface area (Å²) in [4.78, 5) is 37.2. The maximum atomic E-state index is 13.4. The number of fused-ring (bicyclic) bond motifs is 1. The molecule has 1 saturated heterocycles. The number of carbonyl (C=O) groups excluding carboxylic acids is 2. The predicted molar refractivity (Wildman–Crippen MR) is 139 cm³/mol. The molecule has 0 aliphatic carbocycles. The lowest BCUT2D eigenvalue weighted by Crippen LogP contribution is -2.29. The largest absolute Gasteiger partial charge is 0.507 e. The lowest BCUT2D eigenvalue weighted by atomic mass is 9.98. The summed E-state index contributed by atoms with van der Waals surface area (Å²) in [5.74, 6) is -0.563. The fourth-order valence-corrected chi connectivity index (χ4v) is 5.26. The number of benzene rings is 2. The van der Waals surface area contributed by atoms with Gasteiger partial charge in [-0.3, -0.25) is 19.5 Å². The second-order valence-electron chi connectivity index (χ2n) is 8.05. The quantitative estimate of drug-likeness (QED) is 0.213. The van der Waals surface area contributed by atoms with Crippen LogP contribution >= 0.6 is 11.3 Å². The van der Waals surface area contributed by atoms with Crippen LogP contribution in [0, 0.1) is 0 Å². The molecular formula is C27H23N3O6S. The number of hydrogen-bond donors (Lipinski definition) is 1. The van der Waals surface area contributed by atoms with E-state index in [9.17, 15) is 14.7 Å². The van der Waals surface area contributed by atoms with Gasteiger partial charge in [-0.05, 0) is 49.4 Å². The highest BCUT2D eigenvalue weighted by Crippen LogP contribution is 2.45. The Labute approximate surface area is 216 Å². The average Bonchev–Trinajstić information content (AvgIpc) is 3.46. The van der Waals surface area contributed by atoms with Crippen LogP contribution in [0.15, 0.2) is 66.4 Å². The molecule has 1 unspecified atom stereocenters. The van der Waals surface area contributed by atoms with Gasteiger partial charge in [-0.1, -0.05) is 17.4 Å². The topological polar surface area (TPSA) is 111 Å². The summed E-state index contributed by atoms with van der Waals surface area (Å²) in [6.45, 7) is 2.41. The number of ketones is 1. The number of aromatic nitrogens is 2. The standard InChI is InChI=1S/C27H23N3O6S/c1-4-36-16-9-11-18-21(14-16)37-27(29-18)30-23(19-7-5-6-12-28-19)22(25(32)26(30)33)24(31)17-10-8-15(34-2)13-20(17)35-3/h5-14,23,31H,4H2,1-3H3/b24-22+. The minimum Gasteiger partial charge on any atom is -0.507 e. The number of Topliss-reactive ketones (excluding diaryl/α,β-unsaturated/α-hetero) is 1. The maximum absolute atomic E-state index is 13.4. The Morgan fingerprint density at radius 3 is 2.57 bits per heavy atom. The first-order chi connectivity index (χ1) is 18.0. The van der Waals surface area contributed by atoms with Crippen LogP contribution in [0.4, 0.5) is 5.13 Å². The van der Waals surface area contributed by atoms with Gasteiger partial charge in [-0.25, -0.2) is 4.98 Å². The number of nitrogens with zero attached hydrogens (tertiary/aromatic N) is 3. The highest BCUT2D eigenvalue weighted by atomic mass is 32.1. The Kier molecular flexibility index (Phi) is 6.49. The van der Waals surface area contributed by atoms with Crippen molar-refractivity contribution in [1.82, 2.24) is 9.97 Å². The molecule has 3 heterocycles. The van der Waals surface area contributed by atoms with Crippen LogP contribution < -0.4 is 19.1 Å². The Hall–Kier alpha value is -4.44. The van der Waals surface area contributed by atoms with Crippen LogP contribution in [-0.4, -0.2) is 47.6 Å². The number of ether oxygens (including phenoxy) is 3. The monoisotopic (exact) mass is 517 g/mol. The minimum absolute atomic E-state index is 0.110. The molecule has 9 nitrogen and oxygen atoms in total. The number of carbonyl (C=O) groups is 2. The second-order valence-corrected chi connectivity index (χ2v) is 9.06. The van der Waals surface area contributed by atoms with Crippen molar-refractivity contribution in [1.29, 1.82) is 0 Å². The zero-order valence-corrected chi connectivity index (χ0v) is 21.1. The van der Waals surface area contributed by atoms with Crippen LogP contribution in [0.3, 0.4) is 0 Å². The molecule has 0 bridgehead atoms. The normalized spacial score (nSPS) is 16.8. The molecule has 10 heteroatoms. The average molecular weight is 518 g/mol. The van der Waals surface area contributed by atoms with Gasteiger partial charge < -0.3 is 19.3 Å². The first-order valence-electron chi connectivity index (χ1n) is 11.4. The van der Waals surface area contributed by atoms with Gasteiger partial charge >= 0.3 is 5.91 Å². The zero-order valence-electron chi connectivity index (χ0n) is 20.3. The highest BCUT2D eigenvalue weighted by molar-refractivity contribution is 7.22. The minimum atomic E-state index is -1.00. The number of aliphatic hydroxyl groups excluding tert-OH is 1. The molecule has 37 heavy (non-hydrogen) atoms. The van der Waals surface area contributed by atoms with E-state index in [4.69, 9.17) is 14.2 Å². The van der Waals surface area contributed by atoms with E-state index in [2.05, 4.69) is 9.97 Å². The van der Waals surface area contributed by atoms with Crippen molar-refractivity contribution < 1.29 is 28.9 Å². The summed E-state index contributed by atoms with van der Waals surface area (Å²) < 4.78 is 17.0. The molecule has 1 atom stereocenters. The Morgan fingerprint density at radius 2 is 1.86 bits per heavy atom. The summed E-state index contributed by atoms with van der Waals surface area (Å²) in [5, 5.41) is 11.7. The molecule has 0 saturated carbocycles. The Morgan fingerprint density at radius 1 is 1.05 bits per heavy atom. The summed E-state index contributed by atoms with van der Waals surface area (Å²) in [6.07, 6.45) is 1.57. The molecule has 1 aliphatic heterocycles. The molecule has 2 aromatic heterocycles. The number of thiazole rings is 1. The lowest BCUT2D eigenvalue weighted by Gasteiger charge is -2.22. The van der Waals surface area contributed by atoms with Crippen molar-refractivity contribution in [3.05, 3.63) is 77.6 Å². The first-order valence-corrected chi connectivity index (χ1v) is 12.3. The molecule has 4 aromatic rings. The lowest BCUT2D eigenvalue weighted by molar-refractivity contribution is -0.132. The van der Waals surface area contributed by atoms with Gasteiger partial charge in [0.25, 0.3) is 5.78 Å². The Balaban J connectivity index is 1.69. The van der Waals surface area contributed by atoms with E-state index in [0.717, 1.165) is 4.70 Å². The molecule has 1 aliphatic rings.